The lowest BCUT2D eigenvalue weighted by atomic mass is 10.2. The second kappa shape index (κ2) is 2.60. The van der Waals surface area contributed by atoms with Crippen molar-refractivity contribution in [2.75, 3.05) is 0 Å². The van der Waals surface area contributed by atoms with Crippen molar-refractivity contribution >= 4 is 22.1 Å². The number of hydrogen-bond acceptors (Lipinski definition) is 4. The molecular formula is C10H5N2O3-. The fourth-order valence-corrected chi connectivity index (χ4v) is 1.61. The van der Waals surface area contributed by atoms with Crippen molar-refractivity contribution in [3.8, 4) is 6.01 Å². The molecule has 74 valence electrons. The Morgan fingerprint density at radius 3 is 3.00 bits per heavy atom. The molecule has 3 rings (SSSR count). The van der Waals surface area contributed by atoms with Crippen LogP contribution in [0.3, 0.4) is 0 Å². The van der Waals surface area contributed by atoms with Gasteiger partial charge in [0.05, 0.1) is 6.01 Å². The zero-order chi connectivity index (χ0) is 10.4. The Bertz CT molecular complexity index is 711. The zero-order valence-electron chi connectivity index (χ0n) is 7.48. The largest absolute Gasteiger partial charge is 0.846 e. The van der Waals surface area contributed by atoms with E-state index in [1.165, 1.54) is 0 Å². The van der Waals surface area contributed by atoms with Gasteiger partial charge in [-0.25, -0.2) is 4.98 Å². The molecule has 0 aliphatic heterocycles. The van der Waals surface area contributed by atoms with Crippen molar-refractivity contribution in [3.05, 3.63) is 34.6 Å². The smallest absolute Gasteiger partial charge is 0.262 e. The highest BCUT2D eigenvalue weighted by Crippen LogP contribution is 2.24. The summed E-state index contributed by atoms with van der Waals surface area (Å²) < 4.78 is 5.28. The number of furan rings is 1. The number of aromatic nitrogens is 2. The molecule has 5 nitrogen and oxygen atoms in total. The number of nitrogens with zero attached hydrogens (tertiary/aromatic N) is 1. The maximum atomic E-state index is 11.5. The monoisotopic (exact) mass is 201 g/mol. The lowest BCUT2D eigenvalue weighted by molar-refractivity contribution is -0.281. The van der Waals surface area contributed by atoms with Crippen LogP contribution in [-0.2, 0) is 0 Å². The molecule has 0 bridgehead atoms. The minimum Gasteiger partial charge on any atom is -0.846 e. The molecule has 0 atom stereocenters. The van der Waals surface area contributed by atoms with Crippen LogP contribution in [0.25, 0.3) is 22.1 Å². The van der Waals surface area contributed by atoms with Crippen LogP contribution in [0.5, 0.6) is 6.01 Å². The maximum absolute atomic E-state index is 11.5. The number of aromatic amines is 1. The molecule has 2 heterocycles. The van der Waals surface area contributed by atoms with Crippen LogP contribution in [0.1, 0.15) is 0 Å². The Morgan fingerprint density at radius 2 is 2.13 bits per heavy atom. The van der Waals surface area contributed by atoms with Crippen molar-refractivity contribution in [2.24, 2.45) is 0 Å². The molecule has 0 amide bonds. The summed E-state index contributed by atoms with van der Waals surface area (Å²) in [4.78, 5) is 17.2. The molecule has 0 spiro atoms. The third-order valence-corrected chi connectivity index (χ3v) is 2.23. The van der Waals surface area contributed by atoms with Gasteiger partial charge in [0.25, 0.3) is 5.56 Å². The van der Waals surface area contributed by atoms with E-state index in [0.717, 1.165) is 0 Å². The topological polar surface area (TPSA) is 82.0 Å². The first-order valence-electron chi connectivity index (χ1n) is 4.34. The highest BCUT2D eigenvalue weighted by molar-refractivity contribution is 6.02. The average Bonchev–Trinajstić information content (AvgIpc) is 2.54. The summed E-state index contributed by atoms with van der Waals surface area (Å²) in [5.74, 6) is 0. The highest BCUT2D eigenvalue weighted by atomic mass is 16.3. The van der Waals surface area contributed by atoms with Crippen molar-refractivity contribution < 1.29 is 9.52 Å². The number of rotatable bonds is 0. The van der Waals surface area contributed by atoms with Gasteiger partial charge in [-0.05, 0) is 6.07 Å². The number of benzene rings is 1. The molecule has 0 unspecified atom stereocenters. The normalized spacial score (nSPS) is 11.2. The molecule has 0 radical (unpaired) electrons. The van der Waals surface area contributed by atoms with Crippen molar-refractivity contribution in [3.63, 3.8) is 0 Å². The van der Waals surface area contributed by atoms with Crippen LogP contribution >= 0.6 is 0 Å². The van der Waals surface area contributed by atoms with Crippen LogP contribution in [0.15, 0.2) is 33.5 Å². The Hall–Kier alpha value is -2.30. The molecular weight excluding hydrogens is 196 g/mol. The second-order valence-corrected chi connectivity index (χ2v) is 3.15. The fraction of sp³-hybridized carbons (Fsp3) is 0. The van der Waals surface area contributed by atoms with Crippen molar-refractivity contribution in [1.29, 1.82) is 0 Å². The van der Waals surface area contributed by atoms with E-state index < -0.39 is 11.6 Å². The summed E-state index contributed by atoms with van der Waals surface area (Å²) in [5, 5.41) is 11.9. The molecule has 2 aromatic heterocycles. The van der Waals surface area contributed by atoms with Gasteiger partial charge in [0.1, 0.15) is 11.0 Å². The number of fused-ring (bicyclic) bond motifs is 3. The predicted molar refractivity (Wildman–Crippen MR) is 51.6 cm³/mol. The second-order valence-electron chi connectivity index (χ2n) is 3.15. The summed E-state index contributed by atoms with van der Waals surface area (Å²) in [6.45, 7) is 0. The molecule has 0 aliphatic carbocycles. The first-order valence-corrected chi connectivity index (χ1v) is 4.34. The molecule has 0 saturated carbocycles. The number of H-pyrrole nitrogens is 1. The summed E-state index contributed by atoms with van der Waals surface area (Å²) in [7, 11) is 0. The van der Waals surface area contributed by atoms with Crippen molar-refractivity contribution in [2.45, 2.75) is 0 Å². The van der Waals surface area contributed by atoms with E-state index in [1.54, 1.807) is 24.3 Å². The first-order chi connectivity index (χ1) is 7.25. The number of hydrogen-bond donors (Lipinski definition) is 1. The lowest BCUT2D eigenvalue weighted by Gasteiger charge is -1.99. The first kappa shape index (κ1) is 8.05. The highest BCUT2D eigenvalue weighted by Gasteiger charge is 2.10. The Balaban J connectivity index is 2.67. The zero-order valence-corrected chi connectivity index (χ0v) is 7.48. The van der Waals surface area contributed by atoms with Gasteiger partial charge in [-0.15, -0.1) is 0 Å². The Kier molecular flexibility index (Phi) is 1.39. The minimum absolute atomic E-state index is 0.0879. The number of para-hydroxylation sites is 1. The van der Waals surface area contributed by atoms with Gasteiger partial charge < -0.3 is 14.5 Å². The molecule has 1 aromatic carbocycles. The van der Waals surface area contributed by atoms with Gasteiger partial charge in [0.15, 0.2) is 0 Å². The third kappa shape index (κ3) is 1.03. The van der Waals surface area contributed by atoms with Gasteiger partial charge >= 0.3 is 0 Å². The van der Waals surface area contributed by atoms with Gasteiger partial charge in [-0.2, -0.15) is 0 Å². The third-order valence-electron chi connectivity index (χ3n) is 2.23. The van der Waals surface area contributed by atoms with Gasteiger partial charge in [-0.1, -0.05) is 18.2 Å². The SMILES string of the molecule is O=c1[nH]c([O-])nc2oc3ccccc3c12. The summed E-state index contributed by atoms with van der Waals surface area (Å²) >= 11 is 0. The van der Waals surface area contributed by atoms with Crippen LogP contribution in [-0.4, -0.2) is 9.97 Å². The van der Waals surface area contributed by atoms with Crippen LogP contribution in [0.2, 0.25) is 0 Å². The van der Waals surface area contributed by atoms with E-state index >= 15 is 0 Å². The predicted octanol–water partition coefficient (Wildman–Crippen LogP) is 0.743. The Morgan fingerprint density at radius 1 is 1.33 bits per heavy atom. The summed E-state index contributed by atoms with van der Waals surface area (Å²) in [5.41, 5.74) is 0.177. The standard InChI is InChI=1S/C10H6N2O3/c13-8-7-5-3-1-2-4-6(5)15-9(7)12-10(14)11-8/h1-4H,(H2,11,12,13,14)/p-1. The van der Waals surface area contributed by atoms with E-state index in [4.69, 9.17) is 4.42 Å². The van der Waals surface area contributed by atoms with Crippen LogP contribution in [0.4, 0.5) is 0 Å². The van der Waals surface area contributed by atoms with Gasteiger partial charge in [-0.3, -0.25) is 4.79 Å². The van der Waals surface area contributed by atoms with Gasteiger partial charge in [0.2, 0.25) is 5.71 Å². The molecule has 0 aliphatic rings. The molecule has 0 saturated heterocycles. The molecule has 5 heteroatoms. The van der Waals surface area contributed by atoms with E-state index in [0.29, 0.717) is 16.4 Å². The summed E-state index contributed by atoms with van der Waals surface area (Å²) in [6.07, 6.45) is 0. The van der Waals surface area contributed by atoms with Crippen molar-refractivity contribution in [1.82, 2.24) is 9.97 Å². The van der Waals surface area contributed by atoms with E-state index in [9.17, 15) is 9.90 Å². The van der Waals surface area contributed by atoms with Crippen LogP contribution in [0, 0.1) is 0 Å². The Labute approximate surface area is 83.0 Å². The molecule has 15 heavy (non-hydrogen) atoms. The molecule has 1 N–H and O–H groups in total. The quantitative estimate of drug-likeness (QED) is 0.581. The number of nitrogens with one attached hydrogen (secondary N) is 1. The van der Waals surface area contributed by atoms with E-state index in [1.807, 2.05) is 0 Å². The van der Waals surface area contributed by atoms with Crippen LogP contribution < -0.4 is 10.7 Å². The van der Waals surface area contributed by atoms with Gasteiger partial charge in [0, 0.05) is 5.39 Å². The van der Waals surface area contributed by atoms with E-state index in [-0.39, 0.29) is 5.71 Å². The fourth-order valence-electron chi connectivity index (χ4n) is 1.61. The lowest BCUT2D eigenvalue weighted by Crippen LogP contribution is -2.10. The minimum atomic E-state index is -0.688. The molecule has 3 aromatic rings. The van der Waals surface area contributed by atoms with E-state index in [2.05, 4.69) is 9.97 Å². The molecule has 0 fully saturated rings. The average molecular weight is 201 g/mol. The summed E-state index contributed by atoms with van der Waals surface area (Å²) in [6, 6.07) is 6.37. The maximum Gasteiger partial charge on any atom is 0.262 e.